The lowest BCUT2D eigenvalue weighted by Crippen LogP contribution is -2.09. The molecule has 1 heterocycles. The van der Waals surface area contributed by atoms with Gasteiger partial charge in [-0.05, 0) is 20.9 Å². The van der Waals surface area contributed by atoms with Crippen molar-refractivity contribution in [1.82, 2.24) is 10.3 Å². The molecule has 0 spiro atoms. The van der Waals surface area contributed by atoms with Crippen molar-refractivity contribution in [2.75, 3.05) is 19.3 Å². The molecular weight excluding hydrogens is 172 g/mol. The van der Waals surface area contributed by atoms with E-state index in [4.69, 9.17) is 4.42 Å². The third-order valence-electron chi connectivity index (χ3n) is 1.59. The first-order valence-electron chi connectivity index (χ1n) is 3.95. The largest absolute Gasteiger partial charge is 0.437 e. The predicted octanol–water partition coefficient (Wildman–Crippen LogP) is 1.60. The Morgan fingerprint density at radius 2 is 2.25 bits per heavy atom. The van der Waals surface area contributed by atoms with Crippen molar-refractivity contribution in [3.05, 3.63) is 11.5 Å². The van der Waals surface area contributed by atoms with Crippen LogP contribution in [0.15, 0.2) is 9.64 Å². The molecule has 0 saturated heterocycles. The van der Waals surface area contributed by atoms with Crippen LogP contribution in [0, 0.1) is 13.8 Å². The van der Waals surface area contributed by atoms with Crippen LogP contribution >= 0.6 is 11.8 Å². The van der Waals surface area contributed by atoms with Gasteiger partial charge in [-0.3, -0.25) is 0 Å². The van der Waals surface area contributed by atoms with Gasteiger partial charge in [0.2, 0.25) is 0 Å². The fourth-order valence-electron chi connectivity index (χ4n) is 0.745. The van der Waals surface area contributed by atoms with Crippen LogP contribution in [-0.2, 0) is 0 Å². The molecule has 1 rings (SSSR count). The summed E-state index contributed by atoms with van der Waals surface area (Å²) in [6.45, 7) is 4.87. The minimum Gasteiger partial charge on any atom is -0.437 e. The molecule has 68 valence electrons. The average molecular weight is 186 g/mol. The molecule has 3 nitrogen and oxygen atoms in total. The summed E-state index contributed by atoms with van der Waals surface area (Å²) in [5.74, 6) is 1.91. The highest BCUT2D eigenvalue weighted by Gasteiger charge is 2.04. The van der Waals surface area contributed by atoms with Crippen molar-refractivity contribution in [2.24, 2.45) is 0 Å². The van der Waals surface area contributed by atoms with Crippen molar-refractivity contribution in [3.8, 4) is 0 Å². The number of nitrogens with one attached hydrogen (secondary N) is 1. The summed E-state index contributed by atoms with van der Waals surface area (Å²) in [5.41, 5.74) is 0.988. The van der Waals surface area contributed by atoms with Crippen LogP contribution < -0.4 is 5.32 Å². The smallest absolute Gasteiger partial charge is 0.256 e. The zero-order valence-electron chi connectivity index (χ0n) is 7.68. The zero-order valence-corrected chi connectivity index (χ0v) is 8.49. The lowest BCUT2D eigenvalue weighted by atomic mass is 10.4. The molecular formula is C8H14N2OS. The molecule has 4 heteroatoms. The van der Waals surface area contributed by atoms with E-state index in [1.807, 2.05) is 20.9 Å². The Kier molecular flexibility index (Phi) is 3.62. The normalized spacial score (nSPS) is 10.6. The minimum atomic E-state index is 0.778. The average Bonchev–Trinajstić information content (AvgIpc) is 2.32. The third kappa shape index (κ3) is 2.53. The van der Waals surface area contributed by atoms with E-state index >= 15 is 0 Å². The highest BCUT2D eigenvalue weighted by molar-refractivity contribution is 7.99. The molecule has 1 aromatic rings. The molecule has 0 aliphatic rings. The molecule has 1 aromatic heterocycles. The monoisotopic (exact) mass is 186 g/mol. The lowest BCUT2D eigenvalue weighted by Gasteiger charge is -1.94. The summed E-state index contributed by atoms with van der Waals surface area (Å²) in [4.78, 5) is 4.25. The molecule has 0 aliphatic heterocycles. The van der Waals surface area contributed by atoms with E-state index in [-0.39, 0.29) is 0 Å². The summed E-state index contributed by atoms with van der Waals surface area (Å²) >= 11 is 1.64. The van der Waals surface area contributed by atoms with Gasteiger partial charge < -0.3 is 9.73 Å². The van der Waals surface area contributed by atoms with Gasteiger partial charge in [0.15, 0.2) is 0 Å². The van der Waals surface area contributed by atoms with E-state index in [0.29, 0.717) is 0 Å². The van der Waals surface area contributed by atoms with Crippen molar-refractivity contribution in [1.29, 1.82) is 0 Å². The molecule has 1 N–H and O–H groups in total. The molecule has 0 atom stereocenters. The lowest BCUT2D eigenvalue weighted by molar-refractivity contribution is 0.431. The maximum Gasteiger partial charge on any atom is 0.256 e. The fraction of sp³-hybridized carbons (Fsp3) is 0.625. The molecule has 12 heavy (non-hydrogen) atoms. The van der Waals surface area contributed by atoms with Crippen LogP contribution in [-0.4, -0.2) is 24.3 Å². The molecule has 0 amide bonds. The number of oxazole rings is 1. The Bertz CT molecular complexity index is 228. The van der Waals surface area contributed by atoms with Gasteiger partial charge in [-0.2, -0.15) is 0 Å². The fourth-order valence-corrected chi connectivity index (χ4v) is 1.61. The molecule has 0 unspecified atom stereocenters. The second-order valence-electron chi connectivity index (χ2n) is 2.57. The van der Waals surface area contributed by atoms with E-state index < -0.39 is 0 Å². The molecule has 0 bridgehead atoms. The summed E-state index contributed by atoms with van der Waals surface area (Å²) < 4.78 is 5.38. The minimum absolute atomic E-state index is 0.778. The first-order chi connectivity index (χ1) is 5.74. The van der Waals surface area contributed by atoms with Gasteiger partial charge in [-0.15, -0.1) is 0 Å². The van der Waals surface area contributed by atoms with Crippen LogP contribution in [0.2, 0.25) is 0 Å². The molecule has 0 saturated carbocycles. The van der Waals surface area contributed by atoms with Crippen molar-refractivity contribution in [3.63, 3.8) is 0 Å². The Hall–Kier alpha value is -0.480. The van der Waals surface area contributed by atoms with Gasteiger partial charge in [0.1, 0.15) is 5.76 Å². The van der Waals surface area contributed by atoms with Crippen LogP contribution in [0.3, 0.4) is 0 Å². The number of thioether (sulfide) groups is 1. The van der Waals surface area contributed by atoms with Crippen LogP contribution in [0.1, 0.15) is 11.5 Å². The summed E-state index contributed by atoms with van der Waals surface area (Å²) in [6, 6.07) is 0. The van der Waals surface area contributed by atoms with Gasteiger partial charge in [-0.1, -0.05) is 11.8 Å². The highest BCUT2D eigenvalue weighted by Crippen LogP contribution is 2.19. The molecule has 0 aliphatic carbocycles. The number of hydrogen-bond acceptors (Lipinski definition) is 4. The summed E-state index contributed by atoms with van der Waals surface area (Å²) in [6.07, 6.45) is 0. The summed E-state index contributed by atoms with van der Waals surface area (Å²) in [5, 5.41) is 3.85. The number of rotatable bonds is 4. The maximum absolute atomic E-state index is 5.38. The molecule has 0 aromatic carbocycles. The van der Waals surface area contributed by atoms with Crippen molar-refractivity contribution in [2.45, 2.75) is 19.1 Å². The van der Waals surface area contributed by atoms with Gasteiger partial charge in [0.05, 0.1) is 5.69 Å². The van der Waals surface area contributed by atoms with Gasteiger partial charge in [0, 0.05) is 12.3 Å². The zero-order chi connectivity index (χ0) is 8.97. The molecule has 0 radical (unpaired) electrons. The number of aromatic nitrogens is 1. The van der Waals surface area contributed by atoms with E-state index in [1.54, 1.807) is 11.8 Å². The standard InChI is InChI=1S/C8H14N2OS/c1-6-7(2)11-8(10-6)12-5-4-9-3/h9H,4-5H2,1-3H3. The Labute approximate surface area is 76.9 Å². The Morgan fingerprint density at radius 1 is 1.50 bits per heavy atom. The van der Waals surface area contributed by atoms with E-state index in [0.717, 1.165) is 29.0 Å². The van der Waals surface area contributed by atoms with E-state index in [2.05, 4.69) is 10.3 Å². The second kappa shape index (κ2) is 4.52. The third-order valence-corrected chi connectivity index (χ3v) is 2.42. The van der Waals surface area contributed by atoms with Crippen molar-refractivity contribution >= 4 is 11.8 Å². The summed E-state index contributed by atoms with van der Waals surface area (Å²) in [7, 11) is 1.94. The topological polar surface area (TPSA) is 38.1 Å². The van der Waals surface area contributed by atoms with Crippen LogP contribution in [0.25, 0.3) is 0 Å². The van der Waals surface area contributed by atoms with Crippen LogP contribution in [0.5, 0.6) is 0 Å². The van der Waals surface area contributed by atoms with E-state index in [9.17, 15) is 0 Å². The maximum atomic E-state index is 5.38. The van der Waals surface area contributed by atoms with Gasteiger partial charge in [-0.25, -0.2) is 4.98 Å². The Balaban J connectivity index is 2.42. The van der Waals surface area contributed by atoms with Crippen LogP contribution in [0.4, 0.5) is 0 Å². The highest BCUT2D eigenvalue weighted by atomic mass is 32.2. The number of aryl methyl sites for hydroxylation is 2. The second-order valence-corrected chi connectivity index (χ2v) is 3.62. The number of nitrogens with zero attached hydrogens (tertiary/aromatic N) is 1. The van der Waals surface area contributed by atoms with Gasteiger partial charge in [0.25, 0.3) is 5.22 Å². The van der Waals surface area contributed by atoms with E-state index in [1.165, 1.54) is 0 Å². The molecule has 0 fully saturated rings. The first kappa shape index (κ1) is 9.61. The SMILES string of the molecule is CNCCSc1nc(C)c(C)o1. The Morgan fingerprint density at radius 3 is 2.75 bits per heavy atom. The predicted molar refractivity (Wildman–Crippen MR) is 50.6 cm³/mol. The van der Waals surface area contributed by atoms with Gasteiger partial charge >= 0.3 is 0 Å². The number of hydrogen-bond donors (Lipinski definition) is 1. The first-order valence-corrected chi connectivity index (χ1v) is 4.94. The van der Waals surface area contributed by atoms with Crippen molar-refractivity contribution < 1.29 is 4.42 Å². The quantitative estimate of drug-likeness (QED) is 0.572.